The SMILES string of the molecule is C[C@@H]1C[C@H]1NC(=O)NC1CCCC1. The van der Waals surface area contributed by atoms with Gasteiger partial charge in [-0.3, -0.25) is 0 Å². The lowest BCUT2D eigenvalue weighted by atomic mass is 10.2. The van der Waals surface area contributed by atoms with Gasteiger partial charge in [0, 0.05) is 12.1 Å². The molecule has 2 amide bonds. The molecule has 0 unspecified atom stereocenters. The monoisotopic (exact) mass is 182 g/mol. The second-order valence-corrected chi connectivity index (χ2v) is 4.42. The Morgan fingerprint density at radius 1 is 1.23 bits per heavy atom. The van der Waals surface area contributed by atoms with Gasteiger partial charge in [0.1, 0.15) is 0 Å². The second-order valence-electron chi connectivity index (χ2n) is 4.42. The van der Waals surface area contributed by atoms with Crippen molar-refractivity contribution in [2.45, 2.75) is 51.1 Å². The molecular weight excluding hydrogens is 164 g/mol. The summed E-state index contributed by atoms with van der Waals surface area (Å²) in [6, 6.07) is 0.928. The van der Waals surface area contributed by atoms with Gasteiger partial charge in [0.25, 0.3) is 0 Å². The predicted molar refractivity (Wildman–Crippen MR) is 51.5 cm³/mol. The van der Waals surface area contributed by atoms with Crippen LogP contribution < -0.4 is 10.6 Å². The Labute approximate surface area is 79.3 Å². The van der Waals surface area contributed by atoms with Gasteiger partial charge in [-0.1, -0.05) is 19.8 Å². The lowest BCUT2D eigenvalue weighted by Gasteiger charge is -2.12. The van der Waals surface area contributed by atoms with Crippen LogP contribution in [0.5, 0.6) is 0 Å². The van der Waals surface area contributed by atoms with Crippen LogP contribution in [0.2, 0.25) is 0 Å². The first-order chi connectivity index (χ1) is 6.25. The van der Waals surface area contributed by atoms with Crippen LogP contribution >= 0.6 is 0 Å². The Hall–Kier alpha value is -0.730. The van der Waals surface area contributed by atoms with Crippen LogP contribution in [-0.4, -0.2) is 18.1 Å². The van der Waals surface area contributed by atoms with Gasteiger partial charge in [-0.15, -0.1) is 0 Å². The molecule has 2 N–H and O–H groups in total. The molecule has 3 heteroatoms. The highest BCUT2D eigenvalue weighted by Gasteiger charge is 2.34. The van der Waals surface area contributed by atoms with Crippen molar-refractivity contribution in [3.63, 3.8) is 0 Å². The lowest BCUT2D eigenvalue weighted by molar-refractivity contribution is 0.236. The molecule has 2 aliphatic rings. The maximum absolute atomic E-state index is 11.4. The number of hydrogen-bond donors (Lipinski definition) is 2. The standard InChI is InChI=1S/C10H18N2O/c1-7-6-9(7)12-10(13)11-8-4-2-3-5-8/h7-9H,2-6H2,1H3,(H2,11,12,13)/t7-,9-/m1/s1. The number of carbonyl (C=O) groups excluding carboxylic acids is 1. The van der Waals surface area contributed by atoms with Gasteiger partial charge in [-0.2, -0.15) is 0 Å². The molecule has 2 fully saturated rings. The molecule has 0 heterocycles. The highest BCUT2D eigenvalue weighted by Crippen LogP contribution is 2.28. The van der Waals surface area contributed by atoms with Crippen LogP contribution in [0, 0.1) is 5.92 Å². The van der Waals surface area contributed by atoms with E-state index < -0.39 is 0 Å². The minimum Gasteiger partial charge on any atom is -0.335 e. The largest absolute Gasteiger partial charge is 0.335 e. The number of nitrogens with one attached hydrogen (secondary N) is 2. The normalized spacial score (nSPS) is 33.0. The summed E-state index contributed by atoms with van der Waals surface area (Å²) in [5.41, 5.74) is 0. The van der Waals surface area contributed by atoms with Crippen LogP contribution in [0.4, 0.5) is 4.79 Å². The second kappa shape index (κ2) is 3.56. The zero-order valence-electron chi connectivity index (χ0n) is 8.18. The van der Waals surface area contributed by atoms with E-state index in [2.05, 4.69) is 17.6 Å². The predicted octanol–water partition coefficient (Wildman–Crippen LogP) is 1.64. The Kier molecular flexibility index (Phi) is 2.42. The molecule has 3 nitrogen and oxygen atoms in total. The van der Waals surface area contributed by atoms with E-state index >= 15 is 0 Å². The molecular formula is C10H18N2O. The molecule has 0 aliphatic heterocycles. The minimum atomic E-state index is 0.0428. The van der Waals surface area contributed by atoms with Crippen molar-refractivity contribution in [3.8, 4) is 0 Å². The Morgan fingerprint density at radius 3 is 2.38 bits per heavy atom. The maximum atomic E-state index is 11.4. The van der Waals surface area contributed by atoms with Crippen molar-refractivity contribution in [1.29, 1.82) is 0 Å². The average molecular weight is 182 g/mol. The third-order valence-electron chi connectivity index (χ3n) is 3.12. The summed E-state index contributed by atoms with van der Waals surface area (Å²) in [6.45, 7) is 2.17. The minimum absolute atomic E-state index is 0.0428. The van der Waals surface area contributed by atoms with Gasteiger partial charge in [0.2, 0.25) is 0 Å². The van der Waals surface area contributed by atoms with E-state index in [1.54, 1.807) is 0 Å². The molecule has 0 spiro atoms. The summed E-state index contributed by atoms with van der Waals surface area (Å²) in [4.78, 5) is 11.4. The van der Waals surface area contributed by atoms with Crippen LogP contribution in [0.3, 0.4) is 0 Å². The maximum Gasteiger partial charge on any atom is 0.315 e. The fraction of sp³-hybridized carbons (Fsp3) is 0.900. The lowest BCUT2D eigenvalue weighted by Crippen LogP contribution is -2.42. The molecule has 13 heavy (non-hydrogen) atoms. The molecule has 0 bridgehead atoms. The van der Waals surface area contributed by atoms with Crippen LogP contribution in [0.15, 0.2) is 0 Å². The molecule has 0 aromatic rings. The summed E-state index contributed by atoms with van der Waals surface area (Å²) in [6.07, 6.45) is 6.01. The number of amides is 2. The first-order valence-electron chi connectivity index (χ1n) is 5.33. The summed E-state index contributed by atoms with van der Waals surface area (Å²) >= 11 is 0. The summed E-state index contributed by atoms with van der Waals surface area (Å²) in [5, 5.41) is 6.00. The third kappa shape index (κ3) is 2.36. The van der Waals surface area contributed by atoms with Crippen LogP contribution in [0.1, 0.15) is 39.0 Å². The number of hydrogen-bond acceptors (Lipinski definition) is 1. The molecule has 0 radical (unpaired) electrons. The molecule has 2 rings (SSSR count). The van der Waals surface area contributed by atoms with Crippen molar-refractivity contribution >= 4 is 6.03 Å². The number of urea groups is 1. The first kappa shape index (κ1) is 8.85. The van der Waals surface area contributed by atoms with Gasteiger partial charge in [-0.05, 0) is 25.2 Å². The molecule has 0 aromatic carbocycles. The molecule has 0 saturated heterocycles. The quantitative estimate of drug-likeness (QED) is 0.669. The number of carbonyl (C=O) groups is 1. The average Bonchev–Trinajstić information content (AvgIpc) is 2.61. The zero-order chi connectivity index (χ0) is 9.26. The Morgan fingerprint density at radius 2 is 1.85 bits per heavy atom. The van der Waals surface area contributed by atoms with Crippen molar-refractivity contribution in [2.24, 2.45) is 5.92 Å². The third-order valence-corrected chi connectivity index (χ3v) is 3.12. The highest BCUT2D eigenvalue weighted by atomic mass is 16.2. The molecule has 74 valence electrons. The van der Waals surface area contributed by atoms with E-state index in [1.807, 2.05) is 0 Å². The summed E-state index contributed by atoms with van der Waals surface area (Å²) in [7, 11) is 0. The fourth-order valence-electron chi connectivity index (χ4n) is 1.99. The number of rotatable bonds is 2. The van der Waals surface area contributed by atoms with Crippen molar-refractivity contribution in [3.05, 3.63) is 0 Å². The van der Waals surface area contributed by atoms with Crippen LogP contribution in [-0.2, 0) is 0 Å². The van der Waals surface area contributed by atoms with E-state index in [-0.39, 0.29) is 6.03 Å². The highest BCUT2D eigenvalue weighted by molar-refractivity contribution is 5.75. The van der Waals surface area contributed by atoms with E-state index in [1.165, 1.54) is 12.8 Å². The van der Waals surface area contributed by atoms with Crippen molar-refractivity contribution in [2.75, 3.05) is 0 Å². The molecule has 0 aromatic heterocycles. The summed E-state index contributed by atoms with van der Waals surface area (Å²) < 4.78 is 0. The topological polar surface area (TPSA) is 41.1 Å². The zero-order valence-corrected chi connectivity index (χ0v) is 8.18. The molecule has 2 saturated carbocycles. The first-order valence-corrected chi connectivity index (χ1v) is 5.33. The van der Waals surface area contributed by atoms with E-state index in [0.29, 0.717) is 18.0 Å². The van der Waals surface area contributed by atoms with Gasteiger partial charge in [0.15, 0.2) is 0 Å². The molecule has 2 aliphatic carbocycles. The van der Waals surface area contributed by atoms with Gasteiger partial charge >= 0.3 is 6.03 Å². The van der Waals surface area contributed by atoms with E-state index in [0.717, 1.165) is 19.3 Å². The van der Waals surface area contributed by atoms with Gasteiger partial charge in [0.05, 0.1) is 0 Å². The smallest absolute Gasteiger partial charge is 0.315 e. The van der Waals surface area contributed by atoms with Crippen molar-refractivity contribution in [1.82, 2.24) is 10.6 Å². The molecule has 2 atom stereocenters. The van der Waals surface area contributed by atoms with E-state index in [9.17, 15) is 4.79 Å². The summed E-state index contributed by atoms with van der Waals surface area (Å²) in [5.74, 6) is 0.689. The van der Waals surface area contributed by atoms with Crippen LogP contribution in [0.25, 0.3) is 0 Å². The Balaban J connectivity index is 1.66. The van der Waals surface area contributed by atoms with Gasteiger partial charge in [-0.25, -0.2) is 4.79 Å². The van der Waals surface area contributed by atoms with Crippen molar-refractivity contribution < 1.29 is 4.79 Å². The van der Waals surface area contributed by atoms with Gasteiger partial charge < -0.3 is 10.6 Å². The van der Waals surface area contributed by atoms with E-state index in [4.69, 9.17) is 0 Å². The Bertz CT molecular complexity index is 199. The fourth-order valence-corrected chi connectivity index (χ4v) is 1.99.